The summed E-state index contributed by atoms with van der Waals surface area (Å²) in [5.41, 5.74) is 0. The lowest BCUT2D eigenvalue weighted by Gasteiger charge is -2.36. The van der Waals surface area contributed by atoms with Crippen LogP contribution in [0.3, 0.4) is 0 Å². The van der Waals surface area contributed by atoms with E-state index in [-0.39, 0.29) is 4.75 Å². The van der Waals surface area contributed by atoms with Crippen molar-refractivity contribution in [3.05, 3.63) is 0 Å². The molecule has 1 heterocycles. The Bertz CT molecular complexity index is 301. The van der Waals surface area contributed by atoms with E-state index < -0.39 is 10.0 Å². The smallest absolute Gasteiger partial charge is 0.211 e. The molecule has 4 nitrogen and oxygen atoms in total. The van der Waals surface area contributed by atoms with Crippen molar-refractivity contribution in [1.29, 1.82) is 0 Å². The fraction of sp³-hybridized carbons (Fsp3) is 1.00. The standard InChI is InChI=1S/C9H20N2O2S2/c1-9(2,14)8-10-4-6-11(7-5-10)15(3,12)13/h14H,4-8H2,1-3H3. The van der Waals surface area contributed by atoms with Crippen molar-refractivity contribution < 1.29 is 8.42 Å². The highest BCUT2D eigenvalue weighted by Crippen LogP contribution is 2.15. The number of sulfonamides is 1. The fourth-order valence-electron chi connectivity index (χ4n) is 1.77. The third-order valence-electron chi connectivity index (χ3n) is 2.41. The highest BCUT2D eigenvalue weighted by Gasteiger charge is 2.25. The molecule has 1 rings (SSSR count). The van der Waals surface area contributed by atoms with Crippen molar-refractivity contribution in [1.82, 2.24) is 9.21 Å². The molecular weight excluding hydrogens is 232 g/mol. The van der Waals surface area contributed by atoms with Gasteiger partial charge in [0.25, 0.3) is 0 Å². The summed E-state index contributed by atoms with van der Waals surface area (Å²) < 4.78 is 24.1. The molecule has 0 aliphatic carbocycles. The lowest BCUT2D eigenvalue weighted by atomic mass is 10.2. The number of hydrogen-bond donors (Lipinski definition) is 1. The zero-order valence-electron chi connectivity index (χ0n) is 9.60. The Morgan fingerprint density at radius 1 is 1.20 bits per heavy atom. The van der Waals surface area contributed by atoms with Crippen molar-refractivity contribution in [3.63, 3.8) is 0 Å². The van der Waals surface area contributed by atoms with Crippen molar-refractivity contribution in [2.75, 3.05) is 39.0 Å². The van der Waals surface area contributed by atoms with Crippen LogP contribution in [0.4, 0.5) is 0 Å². The van der Waals surface area contributed by atoms with Gasteiger partial charge in [-0.1, -0.05) is 0 Å². The van der Waals surface area contributed by atoms with E-state index in [1.165, 1.54) is 10.6 Å². The Balaban J connectivity index is 2.43. The molecule has 1 saturated heterocycles. The predicted molar refractivity (Wildman–Crippen MR) is 65.9 cm³/mol. The van der Waals surface area contributed by atoms with Crippen LogP contribution in [0.1, 0.15) is 13.8 Å². The molecule has 0 aromatic heterocycles. The monoisotopic (exact) mass is 252 g/mol. The Hall–Kier alpha value is 0.220. The Kier molecular flexibility index (Phi) is 4.08. The molecule has 0 atom stereocenters. The number of hydrogen-bond acceptors (Lipinski definition) is 4. The first-order chi connectivity index (χ1) is 6.68. The lowest BCUT2D eigenvalue weighted by molar-refractivity contribution is 0.179. The molecule has 1 aliphatic rings. The second-order valence-corrected chi connectivity index (χ2v) is 7.94. The highest BCUT2D eigenvalue weighted by molar-refractivity contribution is 7.88. The largest absolute Gasteiger partial charge is 0.299 e. The van der Waals surface area contributed by atoms with E-state index in [1.807, 2.05) is 0 Å². The van der Waals surface area contributed by atoms with Gasteiger partial charge in [0.15, 0.2) is 0 Å². The van der Waals surface area contributed by atoms with Crippen molar-refractivity contribution in [3.8, 4) is 0 Å². The number of thiol groups is 1. The van der Waals surface area contributed by atoms with E-state index in [4.69, 9.17) is 0 Å². The Morgan fingerprint density at radius 3 is 2.00 bits per heavy atom. The maximum atomic E-state index is 11.3. The molecule has 0 saturated carbocycles. The van der Waals surface area contributed by atoms with E-state index >= 15 is 0 Å². The highest BCUT2D eigenvalue weighted by atomic mass is 32.2. The SMILES string of the molecule is CC(C)(S)CN1CCN(S(C)(=O)=O)CC1. The molecule has 0 N–H and O–H groups in total. The second-order valence-electron chi connectivity index (χ2n) is 4.75. The quantitative estimate of drug-likeness (QED) is 0.733. The third kappa shape index (κ3) is 4.72. The average Bonchev–Trinajstić information content (AvgIpc) is 2.00. The zero-order valence-corrected chi connectivity index (χ0v) is 11.3. The summed E-state index contributed by atoms with van der Waals surface area (Å²) in [6, 6.07) is 0. The van der Waals surface area contributed by atoms with E-state index in [0.717, 1.165) is 19.6 Å². The molecule has 0 bridgehead atoms. The normalized spacial score (nSPS) is 21.9. The minimum atomic E-state index is -3.01. The van der Waals surface area contributed by atoms with Crippen LogP contribution in [0.15, 0.2) is 0 Å². The van der Waals surface area contributed by atoms with Crippen LogP contribution >= 0.6 is 12.6 Å². The van der Waals surface area contributed by atoms with Gasteiger partial charge in [-0.2, -0.15) is 16.9 Å². The van der Waals surface area contributed by atoms with Crippen LogP contribution in [0.2, 0.25) is 0 Å². The first-order valence-electron chi connectivity index (χ1n) is 5.08. The average molecular weight is 252 g/mol. The third-order valence-corrected chi connectivity index (χ3v) is 3.86. The van der Waals surface area contributed by atoms with Crippen molar-refractivity contribution in [2.45, 2.75) is 18.6 Å². The van der Waals surface area contributed by atoms with Crippen LogP contribution in [0, 0.1) is 0 Å². The van der Waals surface area contributed by atoms with Crippen LogP contribution in [-0.2, 0) is 10.0 Å². The molecular formula is C9H20N2O2S2. The van der Waals surface area contributed by atoms with Gasteiger partial charge in [-0.15, -0.1) is 0 Å². The minimum absolute atomic E-state index is 0.0206. The van der Waals surface area contributed by atoms with Gasteiger partial charge in [0.2, 0.25) is 10.0 Å². The number of piperazine rings is 1. The topological polar surface area (TPSA) is 40.6 Å². The second kappa shape index (κ2) is 4.61. The maximum Gasteiger partial charge on any atom is 0.211 e. The molecule has 15 heavy (non-hydrogen) atoms. The van der Waals surface area contributed by atoms with Crippen LogP contribution in [0.25, 0.3) is 0 Å². The molecule has 0 unspecified atom stereocenters. The van der Waals surface area contributed by atoms with E-state index in [0.29, 0.717) is 13.1 Å². The summed E-state index contributed by atoms with van der Waals surface area (Å²) in [5, 5.41) is 0. The molecule has 0 spiro atoms. The van der Waals surface area contributed by atoms with E-state index in [9.17, 15) is 8.42 Å². The summed E-state index contributed by atoms with van der Waals surface area (Å²) >= 11 is 4.47. The molecule has 0 radical (unpaired) electrons. The molecule has 1 aliphatic heterocycles. The van der Waals surface area contributed by atoms with Crippen LogP contribution in [-0.4, -0.2) is 61.3 Å². The van der Waals surface area contributed by atoms with Crippen LogP contribution in [0.5, 0.6) is 0 Å². The molecule has 0 amide bonds. The fourth-order valence-corrected chi connectivity index (χ4v) is 2.79. The predicted octanol–water partition coefficient (Wildman–Crippen LogP) is 0.272. The Labute approximate surface area is 98.1 Å². The lowest BCUT2D eigenvalue weighted by Crippen LogP contribution is -2.50. The van der Waals surface area contributed by atoms with Crippen molar-refractivity contribution in [2.24, 2.45) is 0 Å². The summed E-state index contributed by atoms with van der Waals surface area (Å²) in [6.45, 7) is 7.84. The summed E-state index contributed by atoms with van der Waals surface area (Å²) in [5.74, 6) is 0. The summed E-state index contributed by atoms with van der Waals surface area (Å²) in [6.07, 6.45) is 1.27. The van der Waals surface area contributed by atoms with E-state index in [2.05, 4.69) is 31.4 Å². The van der Waals surface area contributed by atoms with Gasteiger partial charge < -0.3 is 0 Å². The first-order valence-corrected chi connectivity index (χ1v) is 7.38. The van der Waals surface area contributed by atoms with Crippen LogP contribution < -0.4 is 0 Å². The minimum Gasteiger partial charge on any atom is -0.299 e. The summed E-state index contributed by atoms with van der Waals surface area (Å²) in [7, 11) is -3.01. The molecule has 0 aromatic carbocycles. The van der Waals surface area contributed by atoms with E-state index in [1.54, 1.807) is 0 Å². The van der Waals surface area contributed by atoms with Gasteiger partial charge in [-0.25, -0.2) is 8.42 Å². The molecule has 90 valence electrons. The zero-order chi connectivity index (χ0) is 11.7. The van der Waals surface area contributed by atoms with Gasteiger partial charge in [-0.3, -0.25) is 4.90 Å². The molecule has 0 aromatic rings. The number of rotatable bonds is 3. The van der Waals surface area contributed by atoms with Gasteiger partial charge in [0.1, 0.15) is 0 Å². The van der Waals surface area contributed by atoms with Gasteiger partial charge in [0.05, 0.1) is 6.26 Å². The maximum absolute atomic E-state index is 11.3. The van der Waals surface area contributed by atoms with Gasteiger partial charge >= 0.3 is 0 Å². The van der Waals surface area contributed by atoms with Crippen molar-refractivity contribution >= 4 is 22.7 Å². The van der Waals surface area contributed by atoms with Gasteiger partial charge in [0, 0.05) is 37.5 Å². The molecule has 1 fully saturated rings. The van der Waals surface area contributed by atoms with Gasteiger partial charge in [-0.05, 0) is 13.8 Å². The Morgan fingerprint density at radius 2 is 1.67 bits per heavy atom. The molecule has 6 heteroatoms. The summed E-state index contributed by atoms with van der Waals surface area (Å²) in [4.78, 5) is 2.26. The number of nitrogens with zero attached hydrogens (tertiary/aromatic N) is 2. The first kappa shape index (κ1) is 13.3.